The maximum absolute atomic E-state index is 12.7. The van der Waals surface area contributed by atoms with Crippen molar-refractivity contribution in [2.75, 3.05) is 6.54 Å². The molecule has 0 saturated carbocycles. The van der Waals surface area contributed by atoms with Crippen molar-refractivity contribution in [1.82, 2.24) is 4.72 Å². The molecule has 0 bridgehead atoms. The Morgan fingerprint density at radius 2 is 1.38 bits per heavy atom. The minimum Gasteiger partial charge on any atom is -0.225 e. The smallest absolute Gasteiger partial charge is 0.225 e. The monoisotopic (exact) mass is 396 g/mol. The Morgan fingerprint density at radius 1 is 0.885 bits per heavy atom. The maximum atomic E-state index is 12.7. The van der Waals surface area contributed by atoms with E-state index in [1.807, 2.05) is 33.8 Å². The molecule has 0 atom stereocenters. The number of rotatable bonds is 6. The van der Waals surface area contributed by atoms with Gasteiger partial charge < -0.3 is 0 Å². The molecule has 3 N–H and O–H groups in total. The molecule has 2 aromatic carbocycles. The van der Waals surface area contributed by atoms with Crippen molar-refractivity contribution in [1.29, 1.82) is 0 Å². The lowest BCUT2D eigenvalue weighted by Crippen LogP contribution is -2.27. The number of primary sulfonamides is 1. The second kappa shape index (κ2) is 7.48. The summed E-state index contributed by atoms with van der Waals surface area (Å²) in [6.07, 6.45) is 0.438. The van der Waals surface area contributed by atoms with E-state index in [4.69, 9.17) is 5.14 Å². The third-order valence-corrected chi connectivity index (χ3v) is 7.19. The molecule has 0 aliphatic rings. The lowest BCUT2D eigenvalue weighted by molar-refractivity contribution is 0.580. The normalized spacial score (nSPS) is 12.3. The van der Waals surface area contributed by atoms with Gasteiger partial charge in [-0.25, -0.2) is 26.7 Å². The molecule has 0 saturated heterocycles. The molecule has 142 valence electrons. The van der Waals surface area contributed by atoms with Gasteiger partial charge in [-0.05, 0) is 74.1 Å². The van der Waals surface area contributed by atoms with Crippen molar-refractivity contribution in [2.24, 2.45) is 5.14 Å². The van der Waals surface area contributed by atoms with Gasteiger partial charge in [-0.15, -0.1) is 0 Å². The molecule has 0 aliphatic carbocycles. The predicted molar refractivity (Wildman–Crippen MR) is 102 cm³/mol. The van der Waals surface area contributed by atoms with Crippen LogP contribution >= 0.6 is 0 Å². The second-order valence-electron chi connectivity index (χ2n) is 6.43. The molecule has 0 heterocycles. The summed E-state index contributed by atoms with van der Waals surface area (Å²) < 4.78 is 50.6. The van der Waals surface area contributed by atoms with E-state index in [1.54, 1.807) is 12.1 Å². The zero-order valence-electron chi connectivity index (χ0n) is 15.3. The van der Waals surface area contributed by atoms with Gasteiger partial charge in [0.1, 0.15) is 0 Å². The van der Waals surface area contributed by atoms with Gasteiger partial charge in [-0.3, -0.25) is 0 Å². The highest BCUT2D eigenvalue weighted by molar-refractivity contribution is 7.89. The molecule has 0 radical (unpaired) electrons. The average Bonchev–Trinajstić information content (AvgIpc) is 2.52. The summed E-state index contributed by atoms with van der Waals surface area (Å²) in [5, 5.41) is 5.06. The molecule has 2 aromatic rings. The maximum Gasteiger partial charge on any atom is 0.241 e. The van der Waals surface area contributed by atoms with Crippen LogP contribution in [0.1, 0.15) is 27.8 Å². The first-order valence-corrected chi connectivity index (χ1v) is 11.2. The van der Waals surface area contributed by atoms with Gasteiger partial charge in [0.2, 0.25) is 20.0 Å². The van der Waals surface area contributed by atoms with E-state index in [9.17, 15) is 16.8 Å². The van der Waals surface area contributed by atoms with Crippen LogP contribution in [0.2, 0.25) is 0 Å². The zero-order chi connectivity index (χ0) is 19.7. The Morgan fingerprint density at radius 3 is 1.85 bits per heavy atom. The Hall–Kier alpha value is -1.74. The van der Waals surface area contributed by atoms with Crippen molar-refractivity contribution in [3.8, 4) is 0 Å². The molecule has 8 heteroatoms. The number of sulfonamides is 2. The van der Waals surface area contributed by atoms with Crippen molar-refractivity contribution < 1.29 is 16.8 Å². The topological polar surface area (TPSA) is 106 Å². The summed E-state index contributed by atoms with van der Waals surface area (Å²) in [7, 11) is -7.36. The first kappa shape index (κ1) is 20.6. The fourth-order valence-corrected chi connectivity index (χ4v) is 4.99. The van der Waals surface area contributed by atoms with Gasteiger partial charge in [0.25, 0.3) is 0 Å². The zero-order valence-corrected chi connectivity index (χ0v) is 17.0. The third kappa shape index (κ3) is 4.50. The minimum absolute atomic E-state index is 0.0308. The minimum atomic E-state index is -3.73. The molecule has 26 heavy (non-hydrogen) atoms. The molecule has 0 spiro atoms. The summed E-state index contributed by atoms with van der Waals surface area (Å²) >= 11 is 0. The summed E-state index contributed by atoms with van der Waals surface area (Å²) in [5.41, 5.74) is 4.18. The highest BCUT2D eigenvalue weighted by atomic mass is 32.2. The summed E-state index contributed by atoms with van der Waals surface area (Å²) in [6.45, 7) is 7.62. The molecule has 0 aromatic heterocycles. The molecule has 0 aliphatic heterocycles. The summed E-state index contributed by atoms with van der Waals surface area (Å²) in [6, 6.07) is 8.06. The number of aryl methyl sites for hydroxylation is 2. The quantitative estimate of drug-likeness (QED) is 0.779. The lowest BCUT2D eigenvalue weighted by Gasteiger charge is -2.16. The average molecular weight is 397 g/mol. The van der Waals surface area contributed by atoms with Gasteiger partial charge in [0.05, 0.1) is 9.79 Å². The molecule has 2 rings (SSSR count). The highest BCUT2D eigenvalue weighted by Gasteiger charge is 2.21. The fourth-order valence-electron chi connectivity index (χ4n) is 2.83. The van der Waals surface area contributed by atoms with Crippen LogP contribution in [0.4, 0.5) is 0 Å². The van der Waals surface area contributed by atoms with E-state index in [2.05, 4.69) is 4.72 Å². The van der Waals surface area contributed by atoms with E-state index in [-0.39, 0.29) is 11.4 Å². The van der Waals surface area contributed by atoms with Crippen LogP contribution in [0, 0.1) is 27.7 Å². The van der Waals surface area contributed by atoms with Crippen LogP contribution < -0.4 is 9.86 Å². The molecule has 0 amide bonds. The molecular formula is C18H24N2O4S2. The Balaban J connectivity index is 2.15. The van der Waals surface area contributed by atoms with Gasteiger partial charge in [0, 0.05) is 6.54 Å². The molecule has 0 fully saturated rings. The number of hydrogen-bond acceptors (Lipinski definition) is 4. The van der Waals surface area contributed by atoms with Crippen LogP contribution in [-0.2, 0) is 26.5 Å². The number of nitrogens with two attached hydrogens (primary N) is 1. The van der Waals surface area contributed by atoms with Crippen molar-refractivity contribution >= 4 is 20.0 Å². The Bertz CT molecular complexity index is 1000. The molecule has 6 nitrogen and oxygen atoms in total. The number of benzene rings is 2. The van der Waals surface area contributed by atoms with E-state index in [0.29, 0.717) is 11.3 Å². The first-order chi connectivity index (χ1) is 11.9. The van der Waals surface area contributed by atoms with Crippen molar-refractivity contribution in [2.45, 2.75) is 43.9 Å². The van der Waals surface area contributed by atoms with Gasteiger partial charge >= 0.3 is 0 Å². The van der Waals surface area contributed by atoms with Gasteiger partial charge in [0.15, 0.2) is 0 Å². The standard InChI is InChI=1S/C18H24N2O4S2/c1-12-11-13(2)15(4)18(14(12)3)26(23,24)20-10-9-16-5-7-17(8-6-16)25(19,21)22/h5-8,11,20H,9-10H2,1-4H3,(H2,19,21,22). The highest BCUT2D eigenvalue weighted by Crippen LogP contribution is 2.25. The fraction of sp³-hybridized carbons (Fsp3) is 0.333. The molecule has 0 unspecified atom stereocenters. The molecular weight excluding hydrogens is 372 g/mol. The van der Waals surface area contributed by atoms with Crippen molar-refractivity contribution in [3.05, 3.63) is 58.1 Å². The van der Waals surface area contributed by atoms with E-state index in [1.165, 1.54) is 12.1 Å². The van der Waals surface area contributed by atoms with E-state index in [0.717, 1.165) is 27.8 Å². The van der Waals surface area contributed by atoms with E-state index >= 15 is 0 Å². The summed E-state index contributed by atoms with van der Waals surface area (Å²) in [5.74, 6) is 0. The van der Waals surface area contributed by atoms with E-state index < -0.39 is 20.0 Å². The van der Waals surface area contributed by atoms with Gasteiger partial charge in [-0.2, -0.15) is 0 Å². The lowest BCUT2D eigenvalue weighted by atomic mass is 10.0. The number of nitrogens with one attached hydrogen (secondary N) is 1. The SMILES string of the molecule is Cc1cc(C)c(C)c(S(=O)(=O)NCCc2ccc(S(N)(=O)=O)cc2)c1C. The third-order valence-electron chi connectivity index (χ3n) is 4.52. The second-order valence-corrected chi connectivity index (χ2v) is 9.69. The Labute approximate surface area is 155 Å². The predicted octanol–water partition coefficient (Wildman–Crippen LogP) is 2.09. The van der Waals surface area contributed by atoms with Crippen LogP contribution in [0.15, 0.2) is 40.1 Å². The summed E-state index contributed by atoms with van der Waals surface area (Å²) in [4.78, 5) is 0.364. The number of hydrogen-bond donors (Lipinski definition) is 2. The van der Waals surface area contributed by atoms with Crippen LogP contribution in [0.25, 0.3) is 0 Å². The van der Waals surface area contributed by atoms with Gasteiger partial charge in [-0.1, -0.05) is 18.2 Å². The van der Waals surface area contributed by atoms with Crippen LogP contribution in [0.5, 0.6) is 0 Å². The van der Waals surface area contributed by atoms with Crippen LogP contribution in [0.3, 0.4) is 0 Å². The Kier molecular flexibility index (Phi) is 5.92. The van der Waals surface area contributed by atoms with Crippen molar-refractivity contribution in [3.63, 3.8) is 0 Å². The first-order valence-electron chi connectivity index (χ1n) is 8.12. The largest absolute Gasteiger partial charge is 0.241 e. The van der Waals surface area contributed by atoms with Crippen LogP contribution in [-0.4, -0.2) is 23.4 Å².